The molecule has 1 amide bonds. The van der Waals surface area contributed by atoms with Gasteiger partial charge in [0, 0.05) is 26.3 Å². The Balaban J connectivity index is 1.55. The van der Waals surface area contributed by atoms with Gasteiger partial charge in [0.05, 0.1) is 0 Å². The first-order valence-electron chi connectivity index (χ1n) is 10.9. The Bertz CT molecular complexity index is 671. The van der Waals surface area contributed by atoms with Gasteiger partial charge in [0.2, 0.25) is 5.91 Å². The molecule has 0 saturated heterocycles. The molecule has 0 aromatic rings. The van der Waals surface area contributed by atoms with Crippen LogP contribution in [0.4, 0.5) is 0 Å². The van der Waals surface area contributed by atoms with E-state index in [0.717, 1.165) is 43.9 Å². The fourth-order valence-electron chi connectivity index (χ4n) is 7.45. The van der Waals surface area contributed by atoms with Crippen LogP contribution in [-0.4, -0.2) is 24.0 Å². The molecule has 0 aromatic heterocycles. The number of hydrogen-bond acceptors (Lipinski definition) is 3. The van der Waals surface area contributed by atoms with Crippen LogP contribution in [0.5, 0.6) is 0 Å². The Morgan fingerprint density at radius 1 is 1.07 bits per heavy atom. The van der Waals surface area contributed by atoms with Crippen molar-refractivity contribution in [2.75, 3.05) is 0 Å². The van der Waals surface area contributed by atoms with Crippen LogP contribution in [0.25, 0.3) is 0 Å². The largest absolute Gasteiger partial charge is 0.462 e. The van der Waals surface area contributed by atoms with Gasteiger partial charge in [-0.15, -0.1) is 0 Å². The fraction of sp³-hybridized carbons (Fsp3) is 0.826. The van der Waals surface area contributed by atoms with Gasteiger partial charge in [0.25, 0.3) is 0 Å². The van der Waals surface area contributed by atoms with E-state index in [9.17, 15) is 9.59 Å². The Kier molecular flexibility index (Phi) is 4.67. The zero-order chi connectivity index (χ0) is 19.4. The summed E-state index contributed by atoms with van der Waals surface area (Å²) in [5, 5.41) is 3.26. The van der Waals surface area contributed by atoms with Crippen LogP contribution in [0.3, 0.4) is 0 Å². The molecule has 0 aromatic carbocycles. The van der Waals surface area contributed by atoms with E-state index in [4.69, 9.17) is 4.74 Å². The quantitative estimate of drug-likeness (QED) is 0.577. The molecular weight excluding hydrogens is 338 g/mol. The lowest BCUT2D eigenvalue weighted by Gasteiger charge is -2.58. The molecule has 4 heteroatoms. The van der Waals surface area contributed by atoms with Crippen LogP contribution in [0, 0.1) is 28.6 Å². The Labute approximate surface area is 163 Å². The predicted octanol–water partition coefficient (Wildman–Crippen LogP) is 4.39. The molecular formula is C23H35NO3. The van der Waals surface area contributed by atoms with Crippen molar-refractivity contribution in [3.63, 3.8) is 0 Å². The van der Waals surface area contributed by atoms with E-state index in [1.165, 1.54) is 26.2 Å². The molecule has 3 fully saturated rings. The van der Waals surface area contributed by atoms with Crippen molar-refractivity contribution in [1.29, 1.82) is 0 Å². The van der Waals surface area contributed by atoms with Gasteiger partial charge in [-0.3, -0.25) is 9.59 Å². The maximum absolute atomic E-state index is 11.7. The van der Waals surface area contributed by atoms with Crippen molar-refractivity contribution >= 4 is 11.9 Å². The molecule has 4 aliphatic rings. The topological polar surface area (TPSA) is 55.4 Å². The van der Waals surface area contributed by atoms with Crippen molar-refractivity contribution < 1.29 is 14.3 Å². The zero-order valence-electron chi connectivity index (χ0n) is 17.3. The van der Waals surface area contributed by atoms with E-state index < -0.39 is 0 Å². The average molecular weight is 374 g/mol. The summed E-state index contributed by atoms with van der Waals surface area (Å²) in [5.41, 5.74) is 2.07. The standard InChI is InChI=1S/C23H35NO3/c1-14(25)24-21-8-7-19-18-6-5-16-13-17(27-15(2)26)9-11-22(16,3)20(18)10-12-23(19,21)4/h5,17-21H,6-13H2,1-4H3,(H,24,25)/t17-,18-,19+,20+,21+,22-,23-/m0/s1. The van der Waals surface area contributed by atoms with Crippen molar-refractivity contribution in [2.24, 2.45) is 28.6 Å². The van der Waals surface area contributed by atoms with E-state index >= 15 is 0 Å². The molecule has 0 aliphatic heterocycles. The maximum atomic E-state index is 11.7. The van der Waals surface area contributed by atoms with Gasteiger partial charge >= 0.3 is 5.97 Å². The van der Waals surface area contributed by atoms with Gasteiger partial charge in [-0.1, -0.05) is 25.5 Å². The first kappa shape index (κ1) is 19.0. The van der Waals surface area contributed by atoms with Crippen LogP contribution in [0.15, 0.2) is 11.6 Å². The minimum absolute atomic E-state index is 0.0721. The number of hydrogen-bond donors (Lipinski definition) is 1. The lowest BCUT2D eigenvalue weighted by Crippen LogP contribution is -2.53. The number of esters is 1. The molecule has 0 radical (unpaired) electrons. The number of rotatable bonds is 2. The molecule has 27 heavy (non-hydrogen) atoms. The third-order valence-electron chi connectivity index (χ3n) is 8.77. The van der Waals surface area contributed by atoms with Crippen LogP contribution in [0.1, 0.15) is 79.1 Å². The number of amides is 1. The summed E-state index contributed by atoms with van der Waals surface area (Å²) in [6.45, 7) is 8.08. The summed E-state index contributed by atoms with van der Waals surface area (Å²) in [4.78, 5) is 23.1. The Morgan fingerprint density at radius 3 is 2.56 bits per heavy atom. The molecule has 7 atom stereocenters. The molecule has 3 saturated carbocycles. The number of carbonyl (C=O) groups is 2. The van der Waals surface area contributed by atoms with E-state index in [0.29, 0.717) is 12.0 Å². The third-order valence-corrected chi connectivity index (χ3v) is 8.77. The summed E-state index contributed by atoms with van der Waals surface area (Å²) in [7, 11) is 0. The molecule has 1 N–H and O–H groups in total. The van der Waals surface area contributed by atoms with Crippen LogP contribution in [-0.2, 0) is 14.3 Å². The van der Waals surface area contributed by atoms with E-state index in [1.54, 1.807) is 12.5 Å². The molecule has 0 bridgehead atoms. The lowest BCUT2D eigenvalue weighted by molar-refractivity contribution is -0.148. The smallest absolute Gasteiger partial charge is 0.302 e. The first-order chi connectivity index (χ1) is 12.7. The Morgan fingerprint density at radius 2 is 1.85 bits per heavy atom. The molecule has 0 unspecified atom stereocenters. The highest BCUT2D eigenvalue weighted by molar-refractivity contribution is 5.73. The summed E-state index contributed by atoms with van der Waals surface area (Å²) >= 11 is 0. The van der Waals surface area contributed by atoms with Gasteiger partial charge in [0.1, 0.15) is 6.10 Å². The first-order valence-corrected chi connectivity index (χ1v) is 10.9. The average Bonchev–Trinajstić information content (AvgIpc) is 2.91. The minimum Gasteiger partial charge on any atom is -0.462 e. The molecule has 150 valence electrons. The summed E-state index contributed by atoms with van der Waals surface area (Å²) in [6.07, 6.45) is 11.6. The third kappa shape index (κ3) is 3.03. The fourth-order valence-corrected chi connectivity index (χ4v) is 7.45. The molecule has 4 nitrogen and oxygen atoms in total. The van der Waals surface area contributed by atoms with Crippen LogP contribution >= 0.6 is 0 Å². The van der Waals surface area contributed by atoms with Gasteiger partial charge in [-0.05, 0) is 73.5 Å². The van der Waals surface area contributed by atoms with E-state index in [-0.39, 0.29) is 28.8 Å². The second-order valence-corrected chi connectivity index (χ2v) is 10.1. The number of ether oxygens (including phenoxy) is 1. The van der Waals surface area contributed by atoms with Crippen molar-refractivity contribution in [1.82, 2.24) is 5.32 Å². The monoisotopic (exact) mass is 373 g/mol. The molecule has 4 aliphatic carbocycles. The number of allylic oxidation sites excluding steroid dienone is 1. The molecule has 0 spiro atoms. The van der Waals surface area contributed by atoms with Crippen molar-refractivity contribution in [3.8, 4) is 0 Å². The number of carbonyl (C=O) groups excluding carboxylic acids is 2. The second kappa shape index (κ2) is 6.63. The highest BCUT2D eigenvalue weighted by atomic mass is 16.5. The van der Waals surface area contributed by atoms with E-state index in [1.807, 2.05) is 0 Å². The SMILES string of the molecule is CC(=O)N[C@@H]1CC[C@@H]2[C@@H]3CC=C4C[C@@H](OC(C)=O)CC[C@]4(C)[C@@H]3CC[C@@]21C. The minimum atomic E-state index is -0.152. The Hall–Kier alpha value is -1.32. The van der Waals surface area contributed by atoms with Gasteiger partial charge < -0.3 is 10.1 Å². The number of fused-ring (bicyclic) bond motifs is 5. The number of nitrogens with one attached hydrogen (secondary N) is 1. The highest BCUT2D eigenvalue weighted by Gasteiger charge is 2.58. The highest BCUT2D eigenvalue weighted by Crippen LogP contribution is 2.64. The van der Waals surface area contributed by atoms with Crippen molar-refractivity contribution in [3.05, 3.63) is 11.6 Å². The maximum Gasteiger partial charge on any atom is 0.302 e. The van der Waals surface area contributed by atoms with Crippen molar-refractivity contribution in [2.45, 2.75) is 91.2 Å². The normalized spacial score (nSPS) is 45.8. The second-order valence-electron chi connectivity index (χ2n) is 10.1. The van der Waals surface area contributed by atoms with Crippen LogP contribution in [0.2, 0.25) is 0 Å². The summed E-state index contributed by atoms with van der Waals surface area (Å²) in [5.74, 6) is 2.16. The van der Waals surface area contributed by atoms with Gasteiger partial charge in [0.15, 0.2) is 0 Å². The van der Waals surface area contributed by atoms with Gasteiger partial charge in [-0.25, -0.2) is 0 Å². The van der Waals surface area contributed by atoms with Crippen LogP contribution < -0.4 is 5.32 Å². The molecule has 4 rings (SSSR count). The zero-order valence-corrected chi connectivity index (χ0v) is 17.3. The summed E-state index contributed by atoms with van der Waals surface area (Å²) < 4.78 is 5.54. The summed E-state index contributed by atoms with van der Waals surface area (Å²) in [6, 6.07) is 0.346. The molecule has 0 heterocycles. The predicted molar refractivity (Wildman–Crippen MR) is 105 cm³/mol. The van der Waals surface area contributed by atoms with Gasteiger partial charge in [-0.2, -0.15) is 0 Å². The van der Waals surface area contributed by atoms with E-state index in [2.05, 4.69) is 25.2 Å². The lowest BCUT2D eigenvalue weighted by atomic mass is 9.48.